The zero-order chi connectivity index (χ0) is 32.5. The summed E-state index contributed by atoms with van der Waals surface area (Å²) in [6.45, 7) is 10.5. The van der Waals surface area contributed by atoms with Crippen molar-refractivity contribution in [1.29, 1.82) is 0 Å². The first-order valence-electron chi connectivity index (χ1n) is 14.7. The van der Waals surface area contributed by atoms with Gasteiger partial charge in [0.05, 0.1) is 24.4 Å². The van der Waals surface area contributed by atoms with E-state index in [9.17, 15) is 9.13 Å². The molecule has 0 fully saturated rings. The van der Waals surface area contributed by atoms with Gasteiger partial charge in [0.1, 0.15) is 0 Å². The van der Waals surface area contributed by atoms with E-state index in [-0.39, 0.29) is 0 Å². The van der Waals surface area contributed by atoms with Crippen LogP contribution < -0.4 is 5.30 Å². The lowest BCUT2D eigenvalue weighted by Gasteiger charge is -2.37. The standard InChI is InChI=1S/C32H45O8P3S/c1-24(2)35-41(33,36-25(3)4)31(28-18-12-9-13-19-28)39-43(44,30-22-16-11-17-23-30)40-32(29-20-14-10-15-21-29)42(34,37-26(5)6)38-27(7)8/h9-27,31-32H,1-8H3/t31-,32+,43?. The summed E-state index contributed by atoms with van der Waals surface area (Å²) in [5.74, 6) is -2.54. The Morgan fingerprint density at radius 3 is 1.00 bits per heavy atom. The summed E-state index contributed by atoms with van der Waals surface area (Å²) in [5, 5.41) is 0.512. The number of hydrogen-bond acceptors (Lipinski definition) is 9. The normalized spacial score (nSPS) is 15.5. The second kappa shape index (κ2) is 16.4. The molecule has 3 rings (SSSR count). The summed E-state index contributed by atoms with van der Waals surface area (Å²) in [4.78, 5) is 0. The van der Waals surface area contributed by atoms with Crippen LogP contribution in [0.25, 0.3) is 0 Å². The largest absolute Gasteiger partial charge is 0.364 e. The highest BCUT2D eigenvalue weighted by Gasteiger charge is 2.48. The molecule has 3 aromatic carbocycles. The maximum absolute atomic E-state index is 14.7. The average molecular weight is 683 g/mol. The van der Waals surface area contributed by atoms with E-state index in [1.165, 1.54) is 0 Å². The smallest absolute Gasteiger partial charge is 0.305 e. The molecule has 0 N–H and O–H groups in total. The van der Waals surface area contributed by atoms with E-state index < -0.39 is 57.8 Å². The molecule has 0 amide bonds. The van der Waals surface area contributed by atoms with Crippen molar-refractivity contribution in [2.24, 2.45) is 0 Å². The van der Waals surface area contributed by atoms with Crippen molar-refractivity contribution in [3.05, 3.63) is 102 Å². The second-order valence-electron chi connectivity index (χ2n) is 11.3. The SMILES string of the molecule is CC(C)OP(=O)(OC(C)C)[C@H](OP(=S)(O[C@@H](c1ccccc1)P(=O)(OC(C)C)OC(C)C)c1ccccc1)c1ccccc1. The van der Waals surface area contributed by atoms with Crippen LogP contribution in [0.15, 0.2) is 91.0 Å². The van der Waals surface area contributed by atoms with Gasteiger partial charge in [0.2, 0.25) is 6.49 Å². The Morgan fingerprint density at radius 2 is 0.727 bits per heavy atom. The minimum atomic E-state index is -4.05. The van der Waals surface area contributed by atoms with E-state index >= 15 is 0 Å². The molecule has 0 spiro atoms. The molecule has 44 heavy (non-hydrogen) atoms. The molecular weight excluding hydrogens is 637 g/mol. The van der Waals surface area contributed by atoms with Crippen molar-refractivity contribution in [1.82, 2.24) is 0 Å². The number of rotatable bonds is 17. The highest BCUT2D eigenvalue weighted by atomic mass is 32.5. The van der Waals surface area contributed by atoms with Gasteiger partial charge in [-0.1, -0.05) is 78.9 Å². The molecule has 0 radical (unpaired) electrons. The van der Waals surface area contributed by atoms with Gasteiger partial charge in [0.25, 0.3) is 0 Å². The fourth-order valence-corrected chi connectivity index (χ4v) is 12.9. The van der Waals surface area contributed by atoms with Gasteiger partial charge < -0.3 is 27.1 Å². The molecule has 0 aliphatic carbocycles. The molecule has 0 saturated carbocycles. The predicted molar refractivity (Wildman–Crippen MR) is 181 cm³/mol. The minimum absolute atomic E-state index is 0.457. The van der Waals surface area contributed by atoms with Gasteiger partial charge in [-0.3, -0.25) is 9.13 Å². The Morgan fingerprint density at radius 1 is 0.455 bits per heavy atom. The fraction of sp³-hybridized carbons (Fsp3) is 0.438. The predicted octanol–water partition coefficient (Wildman–Crippen LogP) is 10.1. The van der Waals surface area contributed by atoms with Gasteiger partial charge in [0, 0.05) is 5.30 Å². The second-order valence-corrected chi connectivity index (χ2v) is 18.6. The molecule has 8 nitrogen and oxygen atoms in total. The first-order valence-corrected chi connectivity index (χ1v) is 20.6. The summed E-state index contributed by atoms with van der Waals surface area (Å²) < 4.78 is 67.2. The van der Waals surface area contributed by atoms with Gasteiger partial charge in [-0.15, -0.1) is 0 Å². The molecule has 0 bridgehead atoms. The van der Waals surface area contributed by atoms with E-state index in [1.54, 1.807) is 91.8 Å². The minimum Gasteiger partial charge on any atom is -0.305 e. The summed E-state index contributed by atoms with van der Waals surface area (Å²) in [6, 6.07) is 27.0. The van der Waals surface area contributed by atoms with Crippen molar-refractivity contribution in [2.75, 3.05) is 0 Å². The zero-order valence-electron chi connectivity index (χ0n) is 26.6. The van der Waals surface area contributed by atoms with Crippen LogP contribution >= 0.6 is 21.7 Å². The van der Waals surface area contributed by atoms with Crippen molar-refractivity contribution >= 4 is 38.8 Å². The lowest BCUT2D eigenvalue weighted by molar-refractivity contribution is 0.0938. The lowest BCUT2D eigenvalue weighted by Crippen LogP contribution is -2.21. The molecule has 0 aliphatic heterocycles. The molecule has 3 atom stereocenters. The Bertz CT molecular complexity index is 1320. The Labute approximate surface area is 268 Å². The molecule has 1 unspecified atom stereocenters. The monoisotopic (exact) mass is 682 g/mol. The van der Waals surface area contributed by atoms with Gasteiger partial charge >= 0.3 is 15.2 Å². The van der Waals surface area contributed by atoms with Gasteiger partial charge in [0.15, 0.2) is 11.7 Å². The topological polar surface area (TPSA) is 89.5 Å². The van der Waals surface area contributed by atoms with Gasteiger partial charge in [-0.25, -0.2) is 0 Å². The highest BCUT2D eigenvalue weighted by molar-refractivity contribution is 8.13. The highest BCUT2D eigenvalue weighted by Crippen LogP contribution is 2.72. The molecule has 0 heterocycles. The fourth-order valence-electron chi connectivity index (χ4n) is 4.30. The molecule has 0 aromatic heterocycles. The lowest BCUT2D eigenvalue weighted by atomic mass is 10.2. The Kier molecular flexibility index (Phi) is 13.8. The third-order valence-electron chi connectivity index (χ3n) is 5.72. The van der Waals surface area contributed by atoms with Crippen molar-refractivity contribution < 1.29 is 36.3 Å². The molecule has 3 aromatic rings. The van der Waals surface area contributed by atoms with Crippen LogP contribution in [0.4, 0.5) is 0 Å². The molecule has 0 saturated heterocycles. The maximum atomic E-state index is 14.7. The first kappa shape index (κ1) is 37.0. The van der Waals surface area contributed by atoms with Gasteiger partial charge in [-0.2, -0.15) is 0 Å². The third-order valence-corrected chi connectivity index (χ3v) is 13.9. The van der Waals surface area contributed by atoms with E-state index in [1.807, 2.05) is 54.6 Å². The molecular formula is C32H45O8P3S. The maximum Gasteiger partial charge on any atom is 0.364 e. The van der Waals surface area contributed by atoms with E-state index in [0.29, 0.717) is 16.4 Å². The van der Waals surface area contributed by atoms with E-state index in [2.05, 4.69) is 0 Å². The molecule has 12 heteroatoms. The summed E-state index contributed by atoms with van der Waals surface area (Å²) in [6.07, 6.45) is -1.83. The summed E-state index contributed by atoms with van der Waals surface area (Å²) >= 11 is 6.32. The van der Waals surface area contributed by atoms with Crippen LogP contribution in [-0.2, 0) is 48.1 Å². The van der Waals surface area contributed by atoms with Crippen molar-refractivity contribution in [3.8, 4) is 0 Å². The summed E-state index contributed by atoms with van der Waals surface area (Å²) in [5.41, 5.74) is 1.06. The quantitative estimate of drug-likeness (QED) is 0.129. The van der Waals surface area contributed by atoms with Crippen molar-refractivity contribution in [3.63, 3.8) is 0 Å². The summed E-state index contributed by atoms with van der Waals surface area (Å²) in [7, 11) is -8.11. The van der Waals surface area contributed by atoms with Crippen LogP contribution in [0, 0.1) is 0 Å². The third kappa shape index (κ3) is 10.3. The number of benzene rings is 3. The van der Waals surface area contributed by atoms with Crippen LogP contribution in [-0.4, -0.2) is 24.4 Å². The van der Waals surface area contributed by atoms with E-state index in [4.69, 9.17) is 38.9 Å². The number of hydrogen-bond donors (Lipinski definition) is 0. The van der Waals surface area contributed by atoms with Crippen LogP contribution in [0.5, 0.6) is 0 Å². The molecule has 242 valence electrons. The van der Waals surface area contributed by atoms with Crippen LogP contribution in [0.2, 0.25) is 0 Å². The van der Waals surface area contributed by atoms with Crippen LogP contribution in [0.3, 0.4) is 0 Å². The molecule has 0 aliphatic rings. The van der Waals surface area contributed by atoms with E-state index in [0.717, 1.165) is 0 Å². The van der Waals surface area contributed by atoms with Crippen LogP contribution in [0.1, 0.15) is 78.2 Å². The first-order chi connectivity index (χ1) is 20.7. The Hall–Kier alpha value is -1.47. The Balaban J connectivity index is 2.28. The average Bonchev–Trinajstić information content (AvgIpc) is 2.94. The zero-order valence-corrected chi connectivity index (χ0v) is 30.1. The van der Waals surface area contributed by atoms with Gasteiger partial charge in [-0.05, 0) is 90.5 Å². The van der Waals surface area contributed by atoms with Crippen molar-refractivity contribution in [2.45, 2.75) is 91.5 Å².